The number of piperazine rings is 1. The number of hydrogen-bond donors (Lipinski definition) is 1. The molecule has 0 spiro atoms. The molecule has 20 heavy (non-hydrogen) atoms. The average Bonchev–Trinajstić information content (AvgIpc) is 2.35. The van der Waals surface area contributed by atoms with E-state index in [1.165, 1.54) is 12.1 Å². The molecular weight excluding hydrogens is 265 g/mol. The molecule has 1 aliphatic rings. The first kappa shape index (κ1) is 15.3. The number of rotatable bonds is 2. The quantitative estimate of drug-likeness (QED) is 0.896. The van der Waals surface area contributed by atoms with Crippen molar-refractivity contribution in [2.75, 3.05) is 13.1 Å². The van der Waals surface area contributed by atoms with Crippen LogP contribution in [0, 0.1) is 0 Å². The van der Waals surface area contributed by atoms with Crippen molar-refractivity contribution in [3.05, 3.63) is 35.4 Å². The third kappa shape index (κ3) is 3.33. The summed E-state index contributed by atoms with van der Waals surface area (Å²) in [7, 11) is 0. The van der Waals surface area contributed by atoms with Gasteiger partial charge in [0, 0.05) is 31.2 Å². The lowest BCUT2D eigenvalue weighted by molar-refractivity contribution is -0.138. The molecule has 0 amide bonds. The molecule has 3 atom stereocenters. The van der Waals surface area contributed by atoms with Crippen molar-refractivity contribution in [3.63, 3.8) is 0 Å². The van der Waals surface area contributed by atoms with E-state index in [0.29, 0.717) is 17.6 Å². The van der Waals surface area contributed by atoms with Gasteiger partial charge >= 0.3 is 6.18 Å². The van der Waals surface area contributed by atoms with E-state index in [9.17, 15) is 13.2 Å². The lowest BCUT2D eigenvalue weighted by Crippen LogP contribution is -2.54. The van der Waals surface area contributed by atoms with E-state index in [2.05, 4.69) is 24.1 Å². The predicted molar refractivity (Wildman–Crippen MR) is 73.5 cm³/mol. The van der Waals surface area contributed by atoms with Gasteiger partial charge in [-0.3, -0.25) is 4.90 Å². The largest absolute Gasteiger partial charge is 0.416 e. The molecule has 112 valence electrons. The van der Waals surface area contributed by atoms with Gasteiger partial charge in [0.25, 0.3) is 0 Å². The van der Waals surface area contributed by atoms with E-state index in [1.54, 1.807) is 12.1 Å². The molecule has 1 aliphatic heterocycles. The van der Waals surface area contributed by atoms with Crippen molar-refractivity contribution >= 4 is 0 Å². The first-order valence-corrected chi connectivity index (χ1v) is 6.95. The molecule has 1 aromatic carbocycles. The van der Waals surface area contributed by atoms with Crippen molar-refractivity contribution < 1.29 is 13.2 Å². The van der Waals surface area contributed by atoms with Gasteiger partial charge in [-0.1, -0.05) is 18.2 Å². The van der Waals surface area contributed by atoms with Gasteiger partial charge in [-0.2, -0.15) is 13.2 Å². The minimum atomic E-state index is -4.30. The third-order valence-corrected chi connectivity index (χ3v) is 3.85. The van der Waals surface area contributed by atoms with Crippen LogP contribution in [0.25, 0.3) is 0 Å². The second kappa shape index (κ2) is 5.74. The maximum absolute atomic E-state index is 13.1. The van der Waals surface area contributed by atoms with E-state index in [4.69, 9.17) is 0 Å². The third-order valence-electron chi connectivity index (χ3n) is 3.85. The van der Waals surface area contributed by atoms with Gasteiger partial charge in [0.2, 0.25) is 0 Å². The van der Waals surface area contributed by atoms with Crippen LogP contribution in [0.1, 0.15) is 37.9 Å². The zero-order valence-corrected chi connectivity index (χ0v) is 12.0. The van der Waals surface area contributed by atoms with Crippen LogP contribution in [0.3, 0.4) is 0 Å². The lowest BCUT2D eigenvalue weighted by atomic mass is 9.98. The molecule has 1 saturated heterocycles. The molecule has 0 radical (unpaired) electrons. The van der Waals surface area contributed by atoms with Crippen LogP contribution in [0.5, 0.6) is 0 Å². The van der Waals surface area contributed by atoms with Crippen molar-refractivity contribution in [2.45, 2.75) is 45.1 Å². The Labute approximate surface area is 118 Å². The SMILES string of the molecule is CC1CN(C(C)c2ccccc2C(F)(F)F)CC(C)N1. The standard InChI is InChI=1S/C15H21F3N2/c1-10-8-20(9-11(2)19-10)12(3)13-6-4-5-7-14(13)15(16,17)18/h4-7,10-12,19H,8-9H2,1-3H3. The molecule has 0 saturated carbocycles. The maximum atomic E-state index is 13.1. The molecule has 1 fully saturated rings. The summed E-state index contributed by atoms with van der Waals surface area (Å²) in [5.74, 6) is 0. The highest BCUT2D eigenvalue weighted by Gasteiger charge is 2.36. The minimum Gasteiger partial charge on any atom is -0.309 e. The highest BCUT2D eigenvalue weighted by atomic mass is 19.4. The molecule has 0 aliphatic carbocycles. The Morgan fingerprint density at radius 3 is 2.25 bits per heavy atom. The van der Waals surface area contributed by atoms with Crippen molar-refractivity contribution in [1.29, 1.82) is 0 Å². The number of nitrogens with zero attached hydrogens (tertiary/aromatic N) is 1. The summed E-state index contributed by atoms with van der Waals surface area (Å²) in [5.41, 5.74) is -0.160. The number of benzene rings is 1. The highest BCUT2D eigenvalue weighted by Crippen LogP contribution is 2.36. The Hall–Kier alpha value is -1.07. The van der Waals surface area contributed by atoms with E-state index in [-0.39, 0.29) is 6.04 Å². The van der Waals surface area contributed by atoms with Gasteiger partial charge in [0.05, 0.1) is 5.56 Å². The molecule has 2 nitrogen and oxygen atoms in total. The van der Waals surface area contributed by atoms with Gasteiger partial charge < -0.3 is 5.32 Å². The fourth-order valence-electron chi connectivity index (χ4n) is 3.00. The normalized spacial score (nSPS) is 26.5. The summed E-state index contributed by atoms with van der Waals surface area (Å²) in [5, 5.41) is 3.40. The molecule has 5 heteroatoms. The van der Waals surface area contributed by atoms with E-state index < -0.39 is 11.7 Å². The molecule has 3 unspecified atom stereocenters. The Morgan fingerprint density at radius 2 is 1.70 bits per heavy atom. The topological polar surface area (TPSA) is 15.3 Å². The summed E-state index contributed by atoms with van der Waals surface area (Å²) in [6, 6.07) is 6.22. The van der Waals surface area contributed by atoms with Crippen LogP contribution < -0.4 is 5.32 Å². The van der Waals surface area contributed by atoms with E-state index in [0.717, 1.165) is 13.1 Å². The summed E-state index contributed by atoms with van der Waals surface area (Å²) in [6.07, 6.45) is -4.30. The zero-order chi connectivity index (χ0) is 14.9. The Balaban J connectivity index is 2.27. The molecule has 1 heterocycles. The van der Waals surface area contributed by atoms with Gasteiger partial charge in [0.1, 0.15) is 0 Å². The second-order valence-electron chi connectivity index (χ2n) is 5.68. The zero-order valence-electron chi connectivity index (χ0n) is 12.0. The fourth-order valence-corrected chi connectivity index (χ4v) is 3.00. The van der Waals surface area contributed by atoms with Crippen LogP contribution in [-0.2, 0) is 6.18 Å². The second-order valence-corrected chi connectivity index (χ2v) is 5.68. The van der Waals surface area contributed by atoms with Crippen molar-refractivity contribution in [3.8, 4) is 0 Å². The number of halogens is 3. The minimum absolute atomic E-state index is 0.236. The van der Waals surface area contributed by atoms with E-state index >= 15 is 0 Å². The van der Waals surface area contributed by atoms with Gasteiger partial charge in [-0.25, -0.2) is 0 Å². The first-order chi connectivity index (χ1) is 9.29. The first-order valence-electron chi connectivity index (χ1n) is 6.95. The average molecular weight is 286 g/mol. The Kier molecular flexibility index (Phi) is 4.39. The van der Waals surface area contributed by atoms with Crippen LogP contribution in [0.15, 0.2) is 24.3 Å². The molecule has 0 bridgehead atoms. The number of hydrogen-bond acceptors (Lipinski definition) is 2. The molecule has 0 aromatic heterocycles. The Bertz CT molecular complexity index is 449. The van der Waals surface area contributed by atoms with Gasteiger partial charge in [0.15, 0.2) is 0 Å². The summed E-state index contributed by atoms with van der Waals surface area (Å²) in [4.78, 5) is 2.12. The lowest BCUT2D eigenvalue weighted by Gasteiger charge is -2.40. The monoisotopic (exact) mass is 286 g/mol. The molecule has 2 rings (SSSR count). The molecular formula is C15H21F3N2. The number of alkyl halides is 3. The highest BCUT2D eigenvalue weighted by molar-refractivity contribution is 5.32. The summed E-state index contributed by atoms with van der Waals surface area (Å²) >= 11 is 0. The van der Waals surface area contributed by atoms with Crippen LogP contribution in [0.2, 0.25) is 0 Å². The van der Waals surface area contributed by atoms with Crippen molar-refractivity contribution in [1.82, 2.24) is 10.2 Å². The fraction of sp³-hybridized carbons (Fsp3) is 0.600. The van der Waals surface area contributed by atoms with Crippen molar-refractivity contribution in [2.24, 2.45) is 0 Å². The molecule has 1 aromatic rings. The van der Waals surface area contributed by atoms with Crippen LogP contribution in [-0.4, -0.2) is 30.1 Å². The van der Waals surface area contributed by atoms with E-state index in [1.807, 2.05) is 6.92 Å². The Morgan fingerprint density at radius 1 is 1.15 bits per heavy atom. The summed E-state index contributed by atoms with van der Waals surface area (Å²) in [6.45, 7) is 7.50. The van der Waals surface area contributed by atoms with Gasteiger partial charge in [-0.15, -0.1) is 0 Å². The maximum Gasteiger partial charge on any atom is 0.416 e. The van der Waals surface area contributed by atoms with Gasteiger partial charge in [-0.05, 0) is 32.4 Å². The summed E-state index contributed by atoms with van der Waals surface area (Å²) < 4.78 is 39.3. The number of nitrogens with one attached hydrogen (secondary N) is 1. The molecule has 1 N–H and O–H groups in total. The van der Waals surface area contributed by atoms with Crippen LogP contribution in [0.4, 0.5) is 13.2 Å². The van der Waals surface area contributed by atoms with Crippen LogP contribution >= 0.6 is 0 Å². The predicted octanol–water partition coefficient (Wildman–Crippen LogP) is 3.45. The smallest absolute Gasteiger partial charge is 0.309 e.